The number of nitrogens with zero attached hydrogens (tertiary/aromatic N) is 3. The van der Waals surface area contributed by atoms with Gasteiger partial charge in [-0.1, -0.05) is 12.2 Å². The first-order valence-corrected chi connectivity index (χ1v) is 4.84. The summed E-state index contributed by atoms with van der Waals surface area (Å²) in [5, 5.41) is 7.07. The molecule has 1 heterocycles. The maximum absolute atomic E-state index is 5.63. The molecule has 1 rings (SSSR count). The molecule has 0 radical (unpaired) electrons. The van der Waals surface area contributed by atoms with Crippen LogP contribution in [0.5, 0.6) is 0 Å². The fourth-order valence-electron chi connectivity index (χ4n) is 1.01. The van der Waals surface area contributed by atoms with Crippen LogP contribution in [0.3, 0.4) is 0 Å². The summed E-state index contributed by atoms with van der Waals surface area (Å²) in [4.78, 5) is 4.10. The van der Waals surface area contributed by atoms with Crippen LogP contribution in [-0.4, -0.2) is 28.8 Å². The lowest BCUT2D eigenvalue weighted by Crippen LogP contribution is -2.34. The molecular weight excluding hydrogens is 190 g/mol. The minimum atomic E-state index is 0.449. The molecule has 0 aliphatic heterocycles. The Morgan fingerprint density at radius 1 is 1.67 bits per heavy atom. The van der Waals surface area contributed by atoms with Gasteiger partial charge in [-0.15, -0.1) is 0 Å². The van der Waals surface area contributed by atoms with Crippen LogP contribution in [0, 0.1) is 0 Å². The van der Waals surface area contributed by atoms with Crippen LogP contribution >= 0.6 is 0 Å². The number of nitrogens with one attached hydrogen (secondary N) is 1. The smallest absolute Gasteiger partial charge is 0.188 e. The lowest BCUT2D eigenvalue weighted by molar-refractivity contribution is 0.602. The van der Waals surface area contributed by atoms with Crippen LogP contribution in [0.25, 0.3) is 0 Å². The molecule has 1 aromatic rings. The van der Waals surface area contributed by atoms with E-state index in [1.54, 1.807) is 6.20 Å². The summed E-state index contributed by atoms with van der Waals surface area (Å²) in [6.45, 7) is 7.72. The predicted octanol–water partition coefficient (Wildman–Crippen LogP) is 0.363. The molecule has 0 aliphatic rings. The zero-order valence-corrected chi connectivity index (χ0v) is 8.98. The first kappa shape index (κ1) is 11.3. The van der Waals surface area contributed by atoms with Crippen molar-refractivity contribution in [1.82, 2.24) is 15.1 Å². The second-order valence-corrected chi connectivity index (χ2v) is 3.35. The third-order valence-corrected chi connectivity index (χ3v) is 1.73. The molecule has 0 saturated heterocycles. The Morgan fingerprint density at radius 3 is 3.07 bits per heavy atom. The highest BCUT2D eigenvalue weighted by molar-refractivity contribution is 5.77. The summed E-state index contributed by atoms with van der Waals surface area (Å²) in [5.41, 5.74) is 6.62. The van der Waals surface area contributed by atoms with E-state index in [4.69, 9.17) is 5.73 Å². The third kappa shape index (κ3) is 4.85. The van der Waals surface area contributed by atoms with Gasteiger partial charge in [-0.3, -0.25) is 4.68 Å². The largest absolute Gasteiger partial charge is 0.370 e. The summed E-state index contributed by atoms with van der Waals surface area (Å²) >= 11 is 0. The lowest BCUT2D eigenvalue weighted by atomic mass is 10.4. The molecule has 0 aliphatic carbocycles. The van der Waals surface area contributed by atoms with Gasteiger partial charge in [0.2, 0.25) is 0 Å². The SMILES string of the molecule is C=C(C)CN=C(N)NCCn1cccn1. The highest BCUT2D eigenvalue weighted by Crippen LogP contribution is 1.86. The molecule has 0 fully saturated rings. The van der Waals surface area contributed by atoms with Crippen molar-refractivity contribution in [2.45, 2.75) is 13.5 Å². The van der Waals surface area contributed by atoms with Gasteiger partial charge < -0.3 is 11.1 Å². The molecule has 0 atom stereocenters. The zero-order valence-electron chi connectivity index (χ0n) is 8.98. The van der Waals surface area contributed by atoms with Crippen LogP contribution in [-0.2, 0) is 6.54 Å². The molecule has 0 bridgehead atoms. The quantitative estimate of drug-likeness (QED) is 0.416. The third-order valence-electron chi connectivity index (χ3n) is 1.73. The second kappa shape index (κ2) is 5.85. The molecule has 5 heteroatoms. The predicted molar refractivity (Wildman–Crippen MR) is 61.5 cm³/mol. The van der Waals surface area contributed by atoms with Crippen LogP contribution in [0.1, 0.15) is 6.92 Å². The molecule has 1 aromatic heterocycles. The molecule has 0 amide bonds. The van der Waals surface area contributed by atoms with E-state index in [2.05, 4.69) is 22.0 Å². The summed E-state index contributed by atoms with van der Waals surface area (Å²) in [6, 6.07) is 1.89. The van der Waals surface area contributed by atoms with E-state index in [9.17, 15) is 0 Å². The second-order valence-electron chi connectivity index (χ2n) is 3.35. The fourth-order valence-corrected chi connectivity index (χ4v) is 1.01. The van der Waals surface area contributed by atoms with E-state index < -0.39 is 0 Å². The molecule has 0 saturated carbocycles. The Labute approximate surface area is 89.7 Å². The number of nitrogens with two attached hydrogens (primary N) is 1. The van der Waals surface area contributed by atoms with E-state index in [1.807, 2.05) is 23.9 Å². The van der Waals surface area contributed by atoms with Gasteiger partial charge in [0.1, 0.15) is 0 Å². The van der Waals surface area contributed by atoms with Crippen LogP contribution in [0.15, 0.2) is 35.6 Å². The van der Waals surface area contributed by atoms with Gasteiger partial charge in [-0.25, -0.2) is 4.99 Å². The highest BCUT2D eigenvalue weighted by Gasteiger charge is 1.92. The monoisotopic (exact) mass is 207 g/mol. The minimum Gasteiger partial charge on any atom is -0.370 e. The number of aromatic nitrogens is 2. The van der Waals surface area contributed by atoms with Gasteiger partial charge in [0.05, 0.1) is 13.1 Å². The van der Waals surface area contributed by atoms with Gasteiger partial charge in [-0.2, -0.15) is 5.10 Å². The van der Waals surface area contributed by atoms with Gasteiger partial charge in [-0.05, 0) is 13.0 Å². The molecule has 82 valence electrons. The molecule has 3 N–H and O–H groups in total. The van der Waals surface area contributed by atoms with Crippen molar-refractivity contribution >= 4 is 5.96 Å². The number of hydrogen-bond acceptors (Lipinski definition) is 2. The lowest BCUT2D eigenvalue weighted by Gasteiger charge is -2.05. The molecule has 0 spiro atoms. The van der Waals surface area contributed by atoms with E-state index in [0.717, 1.165) is 12.1 Å². The first-order chi connectivity index (χ1) is 7.18. The van der Waals surface area contributed by atoms with Crippen LogP contribution < -0.4 is 11.1 Å². The topological polar surface area (TPSA) is 68.2 Å². The van der Waals surface area contributed by atoms with Crippen molar-refractivity contribution in [3.05, 3.63) is 30.6 Å². The van der Waals surface area contributed by atoms with Gasteiger partial charge in [0.25, 0.3) is 0 Å². The van der Waals surface area contributed by atoms with Gasteiger partial charge >= 0.3 is 0 Å². The van der Waals surface area contributed by atoms with Crippen molar-refractivity contribution in [3.8, 4) is 0 Å². The number of rotatable bonds is 5. The Balaban J connectivity index is 2.19. The Bertz CT molecular complexity index is 326. The van der Waals surface area contributed by atoms with Crippen molar-refractivity contribution in [3.63, 3.8) is 0 Å². The maximum atomic E-state index is 5.63. The number of aliphatic imine (C=N–C) groups is 1. The molecule has 15 heavy (non-hydrogen) atoms. The van der Waals surface area contributed by atoms with E-state index in [1.165, 1.54) is 0 Å². The summed E-state index contributed by atoms with van der Waals surface area (Å²) < 4.78 is 1.83. The Morgan fingerprint density at radius 2 is 2.47 bits per heavy atom. The van der Waals surface area contributed by atoms with E-state index >= 15 is 0 Å². The summed E-state index contributed by atoms with van der Waals surface area (Å²) in [7, 11) is 0. The maximum Gasteiger partial charge on any atom is 0.188 e. The van der Waals surface area contributed by atoms with Crippen molar-refractivity contribution in [2.75, 3.05) is 13.1 Å². The standard InChI is InChI=1S/C10H17N5/c1-9(2)8-13-10(11)12-5-7-15-6-3-4-14-15/h3-4,6H,1,5,7-8H2,2H3,(H3,11,12,13). The van der Waals surface area contributed by atoms with Gasteiger partial charge in [0.15, 0.2) is 5.96 Å². The molecular formula is C10H17N5. The van der Waals surface area contributed by atoms with E-state index in [-0.39, 0.29) is 0 Å². The fraction of sp³-hybridized carbons (Fsp3) is 0.400. The number of hydrogen-bond donors (Lipinski definition) is 2. The summed E-state index contributed by atoms with van der Waals surface area (Å²) in [5.74, 6) is 0.449. The number of guanidine groups is 1. The van der Waals surface area contributed by atoms with Gasteiger partial charge in [0, 0.05) is 18.9 Å². The van der Waals surface area contributed by atoms with Crippen LogP contribution in [0.4, 0.5) is 0 Å². The van der Waals surface area contributed by atoms with Crippen molar-refractivity contribution < 1.29 is 0 Å². The Kier molecular flexibility index (Phi) is 4.40. The molecule has 5 nitrogen and oxygen atoms in total. The van der Waals surface area contributed by atoms with Crippen LogP contribution in [0.2, 0.25) is 0 Å². The minimum absolute atomic E-state index is 0.449. The average molecular weight is 207 g/mol. The highest BCUT2D eigenvalue weighted by atomic mass is 15.3. The average Bonchev–Trinajstić information content (AvgIpc) is 2.67. The first-order valence-electron chi connectivity index (χ1n) is 4.84. The molecule has 0 aromatic carbocycles. The zero-order chi connectivity index (χ0) is 11.1. The summed E-state index contributed by atoms with van der Waals surface area (Å²) in [6.07, 6.45) is 3.65. The normalized spacial score (nSPS) is 11.4. The molecule has 0 unspecified atom stereocenters. The van der Waals surface area contributed by atoms with Crippen molar-refractivity contribution in [1.29, 1.82) is 0 Å². The Hall–Kier alpha value is -1.78. The van der Waals surface area contributed by atoms with Crippen molar-refractivity contribution in [2.24, 2.45) is 10.7 Å². The van der Waals surface area contributed by atoms with E-state index in [0.29, 0.717) is 19.0 Å².